The average molecular weight is 303 g/mol. The first kappa shape index (κ1) is 17.8. The Morgan fingerprint density at radius 3 is 2.19 bits per heavy atom. The van der Waals surface area contributed by atoms with E-state index < -0.39 is 6.36 Å². The lowest BCUT2D eigenvalue weighted by Gasteiger charge is -2.09. The van der Waals surface area contributed by atoms with E-state index in [1.807, 2.05) is 0 Å². The molecule has 0 atom stereocenters. The Balaban J connectivity index is 2.13. The summed E-state index contributed by atoms with van der Waals surface area (Å²) in [6, 6.07) is 5.98. The van der Waals surface area contributed by atoms with Gasteiger partial charge in [-0.1, -0.05) is 51.2 Å². The molecule has 1 aromatic carbocycles. The fourth-order valence-electron chi connectivity index (χ4n) is 2.07. The largest absolute Gasteiger partial charge is 0.573 e. The van der Waals surface area contributed by atoms with Crippen molar-refractivity contribution in [3.8, 4) is 5.75 Å². The smallest absolute Gasteiger partial charge is 0.406 e. The summed E-state index contributed by atoms with van der Waals surface area (Å²) in [5, 5.41) is 3.30. The van der Waals surface area contributed by atoms with Crippen LogP contribution in [0.4, 0.5) is 13.2 Å². The van der Waals surface area contributed by atoms with Crippen molar-refractivity contribution in [2.75, 3.05) is 6.54 Å². The molecule has 0 amide bonds. The van der Waals surface area contributed by atoms with Crippen molar-refractivity contribution in [1.29, 1.82) is 0 Å². The number of unbranched alkanes of at least 4 members (excludes halogenated alkanes) is 5. The highest BCUT2D eigenvalue weighted by atomic mass is 19.4. The van der Waals surface area contributed by atoms with Crippen LogP contribution in [-0.4, -0.2) is 12.9 Å². The Kier molecular flexibility index (Phi) is 8.20. The standard InChI is InChI=1S/C16H24F3NO/c1-2-3-4-5-6-7-12-20-13-14-8-10-15(11-9-14)21-16(17,18)19/h8-11,20H,2-7,12-13H2,1H3. The third-order valence-electron chi connectivity index (χ3n) is 3.19. The zero-order valence-corrected chi connectivity index (χ0v) is 12.5. The van der Waals surface area contributed by atoms with Gasteiger partial charge in [-0.05, 0) is 30.7 Å². The summed E-state index contributed by atoms with van der Waals surface area (Å²) in [6.07, 6.45) is 2.88. The summed E-state index contributed by atoms with van der Waals surface area (Å²) in [5.74, 6) is -0.179. The van der Waals surface area contributed by atoms with Gasteiger partial charge in [0.2, 0.25) is 0 Å². The van der Waals surface area contributed by atoms with Crippen LogP contribution in [0.25, 0.3) is 0 Å². The van der Waals surface area contributed by atoms with Gasteiger partial charge in [0.15, 0.2) is 0 Å². The number of hydrogen-bond donors (Lipinski definition) is 1. The van der Waals surface area contributed by atoms with Crippen LogP contribution in [0.2, 0.25) is 0 Å². The molecule has 1 N–H and O–H groups in total. The maximum Gasteiger partial charge on any atom is 0.573 e. The lowest BCUT2D eigenvalue weighted by Crippen LogP contribution is -2.17. The quantitative estimate of drug-likeness (QED) is 0.612. The summed E-state index contributed by atoms with van der Waals surface area (Å²) in [7, 11) is 0. The highest BCUT2D eigenvalue weighted by molar-refractivity contribution is 5.27. The third kappa shape index (κ3) is 9.34. The lowest BCUT2D eigenvalue weighted by molar-refractivity contribution is -0.274. The molecule has 5 heteroatoms. The minimum Gasteiger partial charge on any atom is -0.406 e. The second kappa shape index (κ2) is 9.66. The van der Waals surface area contributed by atoms with Crippen molar-refractivity contribution in [3.63, 3.8) is 0 Å². The van der Waals surface area contributed by atoms with Gasteiger partial charge in [0.1, 0.15) is 5.75 Å². The molecule has 0 aliphatic carbocycles. The molecule has 0 unspecified atom stereocenters. The normalized spacial score (nSPS) is 11.6. The van der Waals surface area contributed by atoms with E-state index in [0.29, 0.717) is 6.54 Å². The second-order valence-electron chi connectivity index (χ2n) is 5.14. The number of alkyl halides is 3. The Labute approximate surface area is 124 Å². The van der Waals surface area contributed by atoms with Crippen molar-refractivity contribution < 1.29 is 17.9 Å². The first-order chi connectivity index (χ1) is 10.0. The van der Waals surface area contributed by atoms with Gasteiger partial charge in [0, 0.05) is 6.54 Å². The van der Waals surface area contributed by atoms with Crippen LogP contribution >= 0.6 is 0 Å². The van der Waals surface area contributed by atoms with E-state index in [0.717, 1.165) is 18.5 Å². The number of benzene rings is 1. The van der Waals surface area contributed by atoms with Crippen LogP contribution in [0, 0.1) is 0 Å². The van der Waals surface area contributed by atoms with Crippen molar-refractivity contribution in [2.24, 2.45) is 0 Å². The Morgan fingerprint density at radius 1 is 0.952 bits per heavy atom. The molecular formula is C16H24F3NO. The number of halogens is 3. The summed E-state index contributed by atoms with van der Waals surface area (Å²) in [4.78, 5) is 0. The number of ether oxygens (including phenoxy) is 1. The van der Waals surface area contributed by atoms with Gasteiger partial charge in [0.25, 0.3) is 0 Å². The molecule has 1 rings (SSSR count). The summed E-state index contributed by atoms with van der Waals surface area (Å²) >= 11 is 0. The van der Waals surface area contributed by atoms with Crippen LogP contribution in [0.5, 0.6) is 5.75 Å². The van der Waals surface area contributed by atoms with Gasteiger partial charge in [-0.3, -0.25) is 0 Å². The SMILES string of the molecule is CCCCCCCCNCc1ccc(OC(F)(F)F)cc1. The van der Waals surface area contributed by atoms with Gasteiger partial charge in [-0.25, -0.2) is 0 Å². The molecule has 0 heterocycles. The van der Waals surface area contributed by atoms with E-state index in [9.17, 15) is 13.2 Å². The van der Waals surface area contributed by atoms with E-state index in [1.54, 1.807) is 12.1 Å². The van der Waals surface area contributed by atoms with Crippen LogP contribution < -0.4 is 10.1 Å². The van der Waals surface area contributed by atoms with E-state index >= 15 is 0 Å². The van der Waals surface area contributed by atoms with Crippen molar-refractivity contribution in [3.05, 3.63) is 29.8 Å². The van der Waals surface area contributed by atoms with Crippen molar-refractivity contribution >= 4 is 0 Å². The molecule has 2 nitrogen and oxygen atoms in total. The highest BCUT2D eigenvalue weighted by Crippen LogP contribution is 2.22. The molecule has 0 aliphatic rings. The van der Waals surface area contributed by atoms with Crippen molar-refractivity contribution in [1.82, 2.24) is 5.32 Å². The lowest BCUT2D eigenvalue weighted by atomic mass is 10.1. The second-order valence-corrected chi connectivity index (χ2v) is 5.14. The minimum atomic E-state index is -4.63. The highest BCUT2D eigenvalue weighted by Gasteiger charge is 2.30. The van der Waals surface area contributed by atoms with Crippen LogP contribution in [0.1, 0.15) is 51.0 Å². The van der Waals surface area contributed by atoms with Gasteiger partial charge >= 0.3 is 6.36 Å². The van der Waals surface area contributed by atoms with Crippen LogP contribution in [0.3, 0.4) is 0 Å². The Hall–Kier alpha value is -1.23. The van der Waals surface area contributed by atoms with Gasteiger partial charge < -0.3 is 10.1 Å². The van der Waals surface area contributed by atoms with Crippen molar-refractivity contribution in [2.45, 2.75) is 58.4 Å². The molecule has 1 aromatic rings. The number of hydrogen-bond acceptors (Lipinski definition) is 2. The molecule has 0 aromatic heterocycles. The summed E-state index contributed by atoms with van der Waals surface area (Å²) in [5.41, 5.74) is 0.954. The fourth-order valence-corrected chi connectivity index (χ4v) is 2.07. The monoisotopic (exact) mass is 303 g/mol. The minimum absolute atomic E-state index is 0.179. The molecule has 0 fully saturated rings. The molecule has 0 spiro atoms. The molecule has 0 aliphatic heterocycles. The van der Waals surface area contributed by atoms with E-state index in [1.165, 1.54) is 44.2 Å². The molecule has 21 heavy (non-hydrogen) atoms. The first-order valence-electron chi connectivity index (χ1n) is 7.56. The van der Waals surface area contributed by atoms with E-state index in [4.69, 9.17) is 0 Å². The Morgan fingerprint density at radius 2 is 1.57 bits per heavy atom. The van der Waals surface area contributed by atoms with Gasteiger partial charge in [-0.15, -0.1) is 13.2 Å². The molecule has 0 bridgehead atoms. The first-order valence-corrected chi connectivity index (χ1v) is 7.56. The summed E-state index contributed by atoms with van der Waals surface area (Å²) < 4.78 is 39.8. The predicted molar refractivity (Wildman–Crippen MR) is 78.2 cm³/mol. The molecule has 0 saturated carbocycles. The van der Waals surface area contributed by atoms with Gasteiger partial charge in [0.05, 0.1) is 0 Å². The maximum absolute atomic E-state index is 12.0. The molecule has 120 valence electrons. The third-order valence-corrected chi connectivity index (χ3v) is 3.19. The zero-order chi connectivity index (χ0) is 15.6. The topological polar surface area (TPSA) is 21.3 Å². The number of rotatable bonds is 10. The van der Waals surface area contributed by atoms with Crippen LogP contribution in [-0.2, 0) is 6.54 Å². The van der Waals surface area contributed by atoms with E-state index in [2.05, 4.69) is 17.0 Å². The van der Waals surface area contributed by atoms with Crippen LogP contribution in [0.15, 0.2) is 24.3 Å². The maximum atomic E-state index is 12.0. The molecule has 0 radical (unpaired) electrons. The predicted octanol–water partition coefficient (Wildman–Crippen LogP) is 5.04. The Bertz CT molecular complexity index is 376. The molecule has 0 saturated heterocycles. The number of nitrogens with one attached hydrogen (secondary N) is 1. The zero-order valence-electron chi connectivity index (χ0n) is 12.5. The summed E-state index contributed by atoms with van der Waals surface area (Å²) in [6.45, 7) is 3.81. The fraction of sp³-hybridized carbons (Fsp3) is 0.625. The van der Waals surface area contributed by atoms with Gasteiger partial charge in [-0.2, -0.15) is 0 Å². The molecular weight excluding hydrogens is 279 g/mol. The van der Waals surface area contributed by atoms with E-state index in [-0.39, 0.29) is 5.75 Å². The average Bonchev–Trinajstić information content (AvgIpc) is 2.42.